The molecule has 0 aliphatic heterocycles. The van der Waals surface area contributed by atoms with Gasteiger partial charge in [0.15, 0.2) is 5.78 Å². The molecule has 0 saturated heterocycles. The van der Waals surface area contributed by atoms with Gasteiger partial charge in [0.1, 0.15) is 0 Å². The van der Waals surface area contributed by atoms with Gasteiger partial charge in [-0.05, 0) is 41.8 Å². The monoisotopic (exact) mass is 311 g/mol. The zero-order chi connectivity index (χ0) is 17.0. The maximum Gasteiger partial charge on any atom is 0.308 e. The van der Waals surface area contributed by atoms with E-state index >= 15 is 0 Å². The van der Waals surface area contributed by atoms with Crippen LogP contribution in [0.2, 0.25) is 0 Å². The Hall–Kier alpha value is -2.62. The Bertz CT molecular complexity index is 720. The van der Waals surface area contributed by atoms with Gasteiger partial charge in [0.05, 0.1) is 13.0 Å². The van der Waals surface area contributed by atoms with Crippen molar-refractivity contribution >= 4 is 17.4 Å². The van der Waals surface area contributed by atoms with E-state index in [0.29, 0.717) is 5.56 Å². The fraction of sp³-hybridized carbons (Fsp3) is 0.263. The molecule has 0 aliphatic rings. The molecule has 2 aromatic rings. The minimum absolute atomic E-state index is 0.0603. The fourth-order valence-electron chi connectivity index (χ4n) is 2.50. The average molecular weight is 311 g/mol. The Morgan fingerprint density at radius 2 is 1.78 bits per heavy atom. The molecule has 120 valence electrons. The lowest BCUT2D eigenvalue weighted by molar-refractivity contribution is -0.144. The van der Waals surface area contributed by atoms with Gasteiger partial charge >= 0.3 is 5.97 Å². The first-order valence-electron chi connectivity index (χ1n) is 7.50. The lowest BCUT2D eigenvalue weighted by Crippen LogP contribution is -2.17. The summed E-state index contributed by atoms with van der Waals surface area (Å²) >= 11 is 0. The number of Topliss-reactive ketones (excluding diaryl/α,β-unsaturated/α-hetero) is 1. The number of ether oxygens (including phenoxy) is 1. The summed E-state index contributed by atoms with van der Waals surface area (Å²) in [6, 6.07) is 13.2. The van der Waals surface area contributed by atoms with Crippen molar-refractivity contribution in [2.75, 3.05) is 12.8 Å². The summed E-state index contributed by atoms with van der Waals surface area (Å²) in [4.78, 5) is 23.7. The van der Waals surface area contributed by atoms with Gasteiger partial charge in [-0.1, -0.05) is 31.2 Å². The zero-order valence-corrected chi connectivity index (χ0v) is 13.6. The maximum atomic E-state index is 12.3. The van der Waals surface area contributed by atoms with Gasteiger partial charge in [-0.3, -0.25) is 9.59 Å². The minimum atomic E-state index is -0.440. The van der Waals surface area contributed by atoms with E-state index in [4.69, 9.17) is 5.73 Å². The number of methoxy groups -OCH3 is 1. The van der Waals surface area contributed by atoms with Crippen LogP contribution in [-0.4, -0.2) is 18.9 Å². The van der Waals surface area contributed by atoms with Crippen LogP contribution in [0.15, 0.2) is 42.5 Å². The second-order valence-corrected chi connectivity index (χ2v) is 5.70. The second kappa shape index (κ2) is 7.09. The van der Waals surface area contributed by atoms with Gasteiger partial charge < -0.3 is 10.5 Å². The number of esters is 1. The summed E-state index contributed by atoms with van der Waals surface area (Å²) in [5, 5.41) is 0. The molecule has 4 heteroatoms. The number of rotatable bonds is 5. The Morgan fingerprint density at radius 1 is 1.13 bits per heavy atom. The van der Waals surface area contributed by atoms with Crippen LogP contribution in [0.4, 0.5) is 5.69 Å². The quantitative estimate of drug-likeness (QED) is 0.520. The highest BCUT2D eigenvalue weighted by atomic mass is 16.5. The smallest absolute Gasteiger partial charge is 0.308 e. The molecule has 2 aromatic carbocycles. The summed E-state index contributed by atoms with van der Waals surface area (Å²) < 4.78 is 4.66. The number of aryl methyl sites for hydroxylation is 1. The molecule has 1 atom stereocenters. The van der Waals surface area contributed by atoms with Crippen molar-refractivity contribution < 1.29 is 14.3 Å². The predicted octanol–water partition coefficient (Wildman–Crippen LogP) is 3.63. The number of hydrogen-bond donors (Lipinski definition) is 1. The van der Waals surface area contributed by atoms with E-state index in [-0.39, 0.29) is 18.2 Å². The number of benzene rings is 2. The fourth-order valence-corrected chi connectivity index (χ4v) is 2.50. The van der Waals surface area contributed by atoms with Crippen LogP contribution in [0.25, 0.3) is 11.1 Å². The zero-order valence-electron chi connectivity index (χ0n) is 13.6. The number of carbonyl (C=O) groups is 2. The van der Waals surface area contributed by atoms with Gasteiger partial charge in [0, 0.05) is 17.7 Å². The van der Waals surface area contributed by atoms with E-state index < -0.39 is 5.92 Å². The van der Waals surface area contributed by atoms with Crippen molar-refractivity contribution in [2.24, 2.45) is 5.92 Å². The van der Waals surface area contributed by atoms with Crippen molar-refractivity contribution in [2.45, 2.75) is 20.3 Å². The van der Waals surface area contributed by atoms with Gasteiger partial charge in [0.2, 0.25) is 0 Å². The van der Waals surface area contributed by atoms with Crippen LogP contribution < -0.4 is 5.73 Å². The highest BCUT2D eigenvalue weighted by Crippen LogP contribution is 2.26. The van der Waals surface area contributed by atoms with Gasteiger partial charge in [-0.15, -0.1) is 0 Å². The topological polar surface area (TPSA) is 69.4 Å². The Morgan fingerprint density at radius 3 is 2.35 bits per heavy atom. The molecule has 0 bridgehead atoms. The van der Waals surface area contributed by atoms with Gasteiger partial charge in [0.25, 0.3) is 0 Å². The van der Waals surface area contributed by atoms with Crippen LogP contribution in [0, 0.1) is 12.8 Å². The minimum Gasteiger partial charge on any atom is -0.469 e. The van der Waals surface area contributed by atoms with Crippen molar-refractivity contribution in [3.63, 3.8) is 0 Å². The largest absolute Gasteiger partial charge is 0.469 e. The van der Waals surface area contributed by atoms with Crippen LogP contribution in [-0.2, 0) is 9.53 Å². The third kappa shape index (κ3) is 3.97. The van der Waals surface area contributed by atoms with E-state index in [1.165, 1.54) is 7.11 Å². The molecule has 0 amide bonds. The number of anilines is 1. The van der Waals surface area contributed by atoms with E-state index in [1.54, 1.807) is 13.0 Å². The predicted molar refractivity (Wildman–Crippen MR) is 91.2 cm³/mol. The molecule has 0 radical (unpaired) electrons. The molecular formula is C19H21NO3. The summed E-state index contributed by atoms with van der Waals surface area (Å²) in [6.07, 6.45) is 0.146. The average Bonchev–Trinajstić information content (AvgIpc) is 2.54. The van der Waals surface area contributed by atoms with Crippen molar-refractivity contribution in [3.05, 3.63) is 53.6 Å². The first-order chi connectivity index (χ1) is 10.9. The number of carbonyl (C=O) groups excluding carboxylic acids is 2. The van der Waals surface area contributed by atoms with Crippen molar-refractivity contribution in [3.8, 4) is 11.1 Å². The lowest BCUT2D eigenvalue weighted by atomic mass is 9.94. The summed E-state index contributed by atoms with van der Waals surface area (Å²) in [6.45, 7) is 3.66. The first-order valence-corrected chi connectivity index (χ1v) is 7.50. The molecular weight excluding hydrogens is 290 g/mol. The molecule has 2 N–H and O–H groups in total. The van der Waals surface area contributed by atoms with Crippen molar-refractivity contribution in [1.29, 1.82) is 0 Å². The van der Waals surface area contributed by atoms with E-state index in [0.717, 1.165) is 22.4 Å². The van der Waals surface area contributed by atoms with Crippen LogP contribution in [0.1, 0.15) is 29.3 Å². The molecule has 23 heavy (non-hydrogen) atoms. The molecule has 2 rings (SSSR count). The Labute approximate surface area is 136 Å². The molecule has 1 unspecified atom stereocenters. The molecule has 0 aliphatic carbocycles. The van der Waals surface area contributed by atoms with E-state index in [1.807, 2.05) is 43.3 Å². The molecule has 0 heterocycles. The second-order valence-electron chi connectivity index (χ2n) is 5.70. The standard InChI is InChI=1S/C19H21NO3/c1-12-10-15(18(21)11-13(2)19(22)23-3)6-9-17(12)14-4-7-16(20)8-5-14/h4-10,13H,11,20H2,1-3H3. The summed E-state index contributed by atoms with van der Waals surface area (Å²) in [5.74, 6) is -0.868. The summed E-state index contributed by atoms with van der Waals surface area (Å²) in [5.41, 5.74) is 10.2. The molecule has 0 fully saturated rings. The third-order valence-corrected chi connectivity index (χ3v) is 3.87. The highest BCUT2D eigenvalue weighted by molar-refractivity contribution is 5.98. The number of nitrogen functional groups attached to an aromatic ring is 1. The van der Waals surface area contributed by atoms with Crippen molar-refractivity contribution in [1.82, 2.24) is 0 Å². The van der Waals surface area contributed by atoms with Crippen LogP contribution in [0.5, 0.6) is 0 Å². The first kappa shape index (κ1) is 16.7. The molecule has 0 saturated carbocycles. The van der Waals surface area contributed by atoms with Gasteiger partial charge in [-0.2, -0.15) is 0 Å². The van der Waals surface area contributed by atoms with E-state index in [2.05, 4.69) is 4.74 Å². The highest BCUT2D eigenvalue weighted by Gasteiger charge is 2.19. The maximum absolute atomic E-state index is 12.3. The van der Waals surface area contributed by atoms with Gasteiger partial charge in [-0.25, -0.2) is 0 Å². The third-order valence-electron chi connectivity index (χ3n) is 3.87. The number of hydrogen-bond acceptors (Lipinski definition) is 4. The number of nitrogens with two attached hydrogens (primary N) is 1. The Kier molecular flexibility index (Phi) is 5.16. The van der Waals surface area contributed by atoms with E-state index in [9.17, 15) is 9.59 Å². The summed E-state index contributed by atoms with van der Waals surface area (Å²) in [7, 11) is 1.33. The SMILES string of the molecule is COC(=O)C(C)CC(=O)c1ccc(-c2ccc(N)cc2)c(C)c1. The number of ketones is 1. The molecule has 0 aromatic heterocycles. The molecule has 4 nitrogen and oxygen atoms in total. The van der Waals surface area contributed by atoms with Crippen LogP contribution >= 0.6 is 0 Å². The molecule has 0 spiro atoms. The lowest BCUT2D eigenvalue weighted by Gasteiger charge is -2.11. The van der Waals surface area contributed by atoms with Crippen LogP contribution in [0.3, 0.4) is 0 Å². The normalized spacial score (nSPS) is 11.8. The Balaban J connectivity index is 2.20.